The summed E-state index contributed by atoms with van der Waals surface area (Å²) in [6.07, 6.45) is -1.66. The highest BCUT2D eigenvalue weighted by molar-refractivity contribution is 7.87. The second kappa shape index (κ2) is 13.2. The van der Waals surface area contributed by atoms with Gasteiger partial charge in [-0.1, -0.05) is 60.7 Å². The van der Waals surface area contributed by atoms with Crippen LogP contribution in [0.3, 0.4) is 0 Å². The molecule has 4 atom stereocenters. The number of benzene rings is 2. The topological polar surface area (TPSA) is 80.3 Å². The van der Waals surface area contributed by atoms with Gasteiger partial charge in [-0.15, -0.1) is 0 Å². The summed E-state index contributed by atoms with van der Waals surface area (Å²) in [5.41, 5.74) is -4.60. The van der Waals surface area contributed by atoms with Crippen LogP contribution in [0.15, 0.2) is 60.7 Å². The van der Waals surface area contributed by atoms with E-state index in [0.29, 0.717) is 19.6 Å². The summed E-state index contributed by atoms with van der Waals surface area (Å²) in [6.45, 7) is 7.72. The highest BCUT2D eigenvalue weighted by Gasteiger charge is 2.51. The van der Waals surface area contributed by atoms with Crippen molar-refractivity contribution in [1.82, 2.24) is 0 Å². The molecule has 0 radical (unpaired) electrons. The van der Waals surface area contributed by atoms with Gasteiger partial charge >= 0.3 is 15.6 Å². The highest BCUT2D eigenvalue weighted by atomic mass is 32.2. The van der Waals surface area contributed by atoms with Crippen LogP contribution in [0.5, 0.6) is 0 Å². The third-order valence-electron chi connectivity index (χ3n) is 6.29. The van der Waals surface area contributed by atoms with Gasteiger partial charge in [-0.25, -0.2) is 0 Å². The Kier molecular flexibility index (Phi) is 10.8. The van der Waals surface area contributed by atoms with Gasteiger partial charge in [-0.2, -0.15) is 21.6 Å². The summed E-state index contributed by atoms with van der Waals surface area (Å²) >= 11 is 0. The minimum atomic E-state index is -5.79. The maximum atomic E-state index is 13.0. The van der Waals surface area contributed by atoms with E-state index in [1.54, 1.807) is 6.92 Å². The number of ether oxygens (including phenoxy) is 3. The molecule has 1 aliphatic rings. The van der Waals surface area contributed by atoms with Gasteiger partial charge in [0.1, 0.15) is 6.10 Å². The average Bonchev–Trinajstić information content (AvgIpc) is 2.86. The molecule has 7 nitrogen and oxygen atoms in total. The molecule has 0 unspecified atom stereocenters. The molecule has 12 heteroatoms. The van der Waals surface area contributed by atoms with Crippen molar-refractivity contribution in [2.75, 3.05) is 13.2 Å². The average molecular weight is 591 g/mol. The van der Waals surface area contributed by atoms with E-state index < -0.39 is 54.5 Å². The van der Waals surface area contributed by atoms with Gasteiger partial charge in [0.2, 0.25) is 0 Å². The van der Waals surface area contributed by atoms with E-state index in [9.17, 15) is 21.6 Å². The van der Waals surface area contributed by atoms with E-state index in [-0.39, 0.29) is 13.0 Å². The van der Waals surface area contributed by atoms with Gasteiger partial charge in [0.05, 0.1) is 37.6 Å². The predicted molar refractivity (Wildman–Crippen MR) is 143 cm³/mol. The molecule has 39 heavy (non-hydrogen) atoms. The van der Waals surface area contributed by atoms with Gasteiger partial charge < -0.3 is 18.6 Å². The number of rotatable bonds is 13. The predicted octanol–water partition coefficient (Wildman–Crippen LogP) is 5.81. The molecule has 1 fully saturated rings. The number of halogens is 3. The molecule has 0 bridgehead atoms. The molecule has 1 saturated heterocycles. The van der Waals surface area contributed by atoms with Crippen LogP contribution >= 0.6 is 0 Å². The van der Waals surface area contributed by atoms with Crippen LogP contribution < -0.4 is 0 Å². The smallest absolute Gasteiger partial charge is 0.412 e. The fraction of sp³-hybridized carbons (Fsp3) is 0.556. The third-order valence-corrected chi connectivity index (χ3v) is 8.31. The molecule has 0 aliphatic carbocycles. The molecular weight excluding hydrogens is 553 g/mol. The third kappa shape index (κ3) is 9.66. The molecule has 0 spiro atoms. The van der Waals surface area contributed by atoms with Gasteiger partial charge in [0.15, 0.2) is 8.32 Å². The lowest BCUT2D eigenvalue weighted by Crippen LogP contribution is -2.59. The zero-order valence-corrected chi connectivity index (χ0v) is 24.5. The Morgan fingerprint density at radius 3 is 2.08 bits per heavy atom. The van der Waals surface area contributed by atoms with Crippen LogP contribution in [0.1, 0.15) is 30.9 Å². The summed E-state index contributed by atoms with van der Waals surface area (Å²) in [4.78, 5) is 0. The van der Waals surface area contributed by atoms with E-state index >= 15 is 0 Å². The van der Waals surface area contributed by atoms with Crippen LogP contribution in [-0.4, -0.2) is 59.4 Å². The van der Waals surface area contributed by atoms with Crippen LogP contribution in [0.25, 0.3) is 0 Å². The molecule has 0 N–H and O–H groups in total. The standard InChI is InChI=1S/C27H37F3O7SSi/c1-26(15-16-33-18-21-11-7-5-8-12-21)25(34-19-22-13-9-6-10-14-22)17-23(37-39(2,3)4)24(36-26)20-35-38(31,32)27(28,29)30/h5-14,23-25H,15-20H2,1-4H3/t23-,24+,25+,26-/m0/s1. The van der Waals surface area contributed by atoms with Crippen molar-refractivity contribution in [3.8, 4) is 0 Å². The largest absolute Gasteiger partial charge is 0.523 e. The minimum Gasteiger partial charge on any atom is -0.412 e. The molecule has 1 heterocycles. The lowest BCUT2D eigenvalue weighted by molar-refractivity contribution is -0.242. The zero-order valence-electron chi connectivity index (χ0n) is 22.6. The summed E-state index contributed by atoms with van der Waals surface area (Å²) in [5, 5.41) is 0. The molecule has 3 rings (SSSR count). The minimum absolute atomic E-state index is 0.282. The van der Waals surface area contributed by atoms with Crippen molar-refractivity contribution in [3.05, 3.63) is 71.8 Å². The Morgan fingerprint density at radius 2 is 1.54 bits per heavy atom. The molecule has 0 saturated carbocycles. The van der Waals surface area contributed by atoms with Gasteiger partial charge in [0.25, 0.3) is 0 Å². The number of alkyl halides is 3. The molecule has 0 amide bonds. The second-order valence-electron chi connectivity index (χ2n) is 10.7. The normalized spacial score (nSPS) is 24.5. The zero-order chi connectivity index (χ0) is 28.7. The van der Waals surface area contributed by atoms with Crippen LogP contribution in [0.2, 0.25) is 19.6 Å². The molecule has 0 aromatic heterocycles. The van der Waals surface area contributed by atoms with E-state index in [1.807, 2.05) is 80.3 Å². The molecule has 218 valence electrons. The monoisotopic (exact) mass is 590 g/mol. The quantitative estimate of drug-likeness (QED) is 0.126. The first-order valence-electron chi connectivity index (χ1n) is 12.8. The van der Waals surface area contributed by atoms with Crippen molar-refractivity contribution >= 4 is 18.4 Å². The van der Waals surface area contributed by atoms with E-state index in [2.05, 4.69) is 4.18 Å². The molecule has 2 aromatic rings. The SMILES string of the molecule is C[C@@]1(CCOCc2ccccc2)O[C@H](COS(=O)(=O)C(F)(F)F)[C@@H](O[Si](C)(C)C)C[C@H]1OCc1ccccc1. The Hall–Kier alpha value is -1.80. The van der Waals surface area contributed by atoms with Crippen LogP contribution in [0, 0.1) is 0 Å². The van der Waals surface area contributed by atoms with Gasteiger partial charge in [-0.05, 0) is 37.7 Å². The van der Waals surface area contributed by atoms with E-state index in [4.69, 9.17) is 18.6 Å². The summed E-state index contributed by atoms with van der Waals surface area (Å²) in [6, 6.07) is 19.2. The number of hydrogen-bond acceptors (Lipinski definition) is 7. The van der Waals surface area contributed by atoms with Crippen molar-refractivity contribution in [2.45, 2.75) is 82.0 Å². The molecule has 1 aliphatic heterocycles. The lowest BCUT2D eigenvalue weighted by Gasteiger charge is -2.49. The van der Waals surface area contributed by atoms with Gasteiger partial charge in [-0.3, -0.25) is 4.18 Å². The first-order valence-corrected chi connectivity index (χ1v) is 17.6. The first-order chi connectivity index (χ1) is 18.2. The first kappa shape index (κ1) is 31.7. The Labute approximate surface area is 229 Å². The lowest BCUT2D eigenvalue weighted by atomic mass is 9.86. The van der Waals surface area contributed by atoms with Crippen molar-refractivity contribution in [2.24, 2.45) is 0 Å². The molecule has 2 aromatic carbocycles. The Bertz CT molecular complexity index is 1130. The summed E-state index contributed by atoms with van der Waals surface area (Å²) in [7, 11) is -8.01. The van der Waals surface area contributed by atoms with Crippen molar-refractivity contribution in [1.29, 1.82) is 0 Å². The van der Waals surface area contributed by atoms with Gasteiger partial charge in [0, 0.05) is 19.4 Å². The second-order valence-corrected chi connectivity index (χ2v) is 16.8. The highest BCUT2D eigenvalue weighted by Crippen LogP contribution is 2.38. The maximum absolute atomic E-state index is 13.0. The van der Waals surface area contributed by atoms with Crippen molar-refractivity contribution < 1.29 is 44.4 Å². The van der Waals surface area contributed by atoms with Crippen LogP contribution in [-0.2, 0) is 46.2 Å². The van der Waals surface area contributed by atoms with Crippen molar-refractivity contribution in [3.63, 3.8) is 0 Å². The van der Waals surface area contributed by atoms with Crippen LogP contribution in [0.4, 0.5) is 13.2 Å². The summed E-state index contributed by atoms with van der Waals surface area (Å²) in [5.74, 6) is 0. The fourth-order valence-electron chi connectivity index (χ4n) is 4.33. The van der Waals surface area contributed by atoms with E-state index in [0.717, 1.165) is 11.1 Å². The fourth-order valence-corrected chi connectivity index (χ4v) is 5.93. The maximum Gasteiger partial charge on any atom is 0.523 e. The number of hydrogen-bond donors (Lipinski definition) is 0. The Morgan fingerprint density at radius 1 is 0.974 bits per heavy atom. The summed E-state index contributed by atoms with van der Waals surface area (Å²) < 4.78 is 91.3. The molecular formula is C27H37F3O7SSi. The Balaban J connectivity index is 1.79. The van der Waals surface area contributed by atoms with E-state index in [1.165, 1.54) is 0 Å².